The molecule has 3 fully saturated rings. The molecule has 178 valence electrons. The zero-order chi connectivity index (χ0) is 23.3. The smallest absolute Gasteiger partial charge is 0.254 e. The van der Waals surface area contributed by atoms with E-state index >= 15 is 0 Å². The zero-order valence-electron chi connectivity index (χ0n) is 19.5. The van der Waals surface area contributed by atoms with E-state index in [9.17, 15) is 14.7 Å². The molecule has 7 nitrogen and oxygen atoms in total. The van der Waals surface area contributed by atoms with Gasteiger partial charge < -0.3 is 19.9 Å². The lowest BCUT2D eigenvalue weighted by molar-refractivity contribution is -0.143. The van der Waals surface area contributed by atoms with E-state index < -0.39 is 5.60 Å². The van der Waals surface area contributed by atoms with Crippen LogP contribution in [-0.2, 0) is 11.3 Å². The van der Waals surface area contributed by atoms with Crippen molar-refractivity contribution in [1.82, 2.24) is 15.2 Å². The Hall–Kier alpha value is -2.90. The summed E-state index contributed by atoms with van der Waals surface area (Å²) in [4.78, 5) is 28.8. The van der Waals surface area contributed by atoms with Crippen molar-refractivity contribution in [2.45, 2.75) is 44.2 Å². The number of piperazine rings is 1. The Labute approximate surface area is 200 Å². The molecule has 2 aromatic rings. The lowest BCUT2D eigenvalue weighted by atomic mass is 9.85. The minimum Gasteiger partial charge on any atom is -0.380 e. The van der Waals surface area contributed by atoms with Crippen LogP contribution in [-0.4, -0.2) is 65.0 Å². The highest BCUT2D eigenvalue weighted by molar-refractivity contribution is 5.95. The van der Waals surface area contributed by atoms with Gasteiger partial charge in [0.15, 0.2) is 0 Å². The number of anilines is 1. The average molecular weight is 461 g/mol. The number of nitrogens with one attached hydrogen (secondary N) is 1. The van der Waals surface area contributed by atoms with Gasteiger partial charge in [-0.25, -0.2) is 5.43 Å². The fraction of sp³-hybridized carbons (Fsp3) is 0.481. The van der Waals surface area contributed by atoms with Crippen LogP contribution < -0.4 is 10.4 Å². The highest BCUT2D eigenvalue weighted by Gasteiger charge is 2.50. The summed E-state index contributed by atoms with van der Waals surface area (Å²) in [6.45, 7) is 3.90. The van der Waals surface area contributed by atoms with E-state index in [4.69, 9.17) is 0 Å². The van der Waals surface area contributed by atoms with Crippen molar-refractivity contribution in [2.75, 3.05) is 37.7 Å². The van der Waals surface area contributed by atoms with Crippen LogP contribution in [0, 0.1) is 5.92 Å². The number of hydrazine groups is 1. The molecule has 2 amide bonds. The molecule has 0 atom stereocenters. The molecule has 0 bridgehead atoms. The fourth-order valence-electron chi connectivity index (χ4n) is 5.26. The molecular weight excluding hydrogens is 428 g/mol. The Morgan fingerprint density at radius 1 is 0.941 bits per heavy atom. The molecule has 0 unspecified atom stereocenters. The molecule has 2 heterocycles. The van der Waals surface area contributed by atoms with Crippen LogP contribution in [0.25, 0.3) is 11.1 Å². The molecule has 0 radical (unpaired) electrons. The van der Waals surface area contributed by atoms with Crippen LogP contribution in [0.2, 0.25) is 0 Å². The van der Waals surface area contributed by atoms with Gasteiger partial charge in [-0.3, -0.25) is 9.59 Å². The Bertz CT molecular complexity index is 1100. The van der Waals surface area contributed by atoms with Crippen LogP contribution >= 0.6 is 0 Å². The minimum absolute atomic E-state index is 0.00595. The number of fused-ring (bicyclic) bond motifs is 1. The summed E-state index contributed by atoms with van der Waals surface area (Å²) in [7, 11) is 0. The SMILES string of the molecule is O=C(c1ccc(-c2ccc3c(c2)CNN3CC2CCC2)cc1)N1CCN(C(=O)C2(O)CC2)CC1. The summed E-state index contributed by atoms with van der Waals surface area (Å²) >= 11 is 0. The molecule has 0 spiro atoms. The number of hydrogen-bond donors (Lipinski definition) is 2. The van der Waals surface area contributed by atoms with E-state index in [2.05, 4.69) is 28.6 Å². The van der Waals surface area contributed by atoms with Crippen molar-refractivity contribution >= 4 is 17.5 Å². The first-order valence-electron chi connectivity index (χ1n) is 12.6. The predicted octanol–water partition coefficient (Wildman–Crippen LogP) is 2.79. The van der Waals surface area contributed by atoms with Gasteiger partial charge >= 0.3 is 0 Å². The van der Waals surface area contributed by atoms with Gasteiger partial charge in [0.25, 0.3) is 11.8 Å². The van der Waals surface area contributed by atoms with E-state index in [1.165, 1.54) is 30.5 Å². The van der Waals surface area contributed by atoms with Crippen LogP contribution in [0.4, 0.5) is 5.69 Å². The second-order valence-corrected chi connectivity index (χ2v) is 10.3. The molecule has 4 aliphatic rings. The highest BCUT2D eigenvalue weighted by atomic mass is 16.3. The number of aliphatic hydroxyl groups is 1. The van der Waals surface area contributed by atoms with Crippen molar-refractivity contribution < 1.29 is 14.7 Å². The largest absolute Gasteiger partial charge is 0.380 e. The topological polar surface area (TPSA) is 76.1 Å². The van der Waals surface area contributed by atoms with Gasteiger partial charge in [-0.15, -0.1) is 0 Å². The first kappa shape index (κ1) is 21.6. The molecule has 2 saturated carbocycles. The van der Waals surface area contributed by atoms with Crippen molar-refractivity contribution in [2.24, 2.45) is 5.92 Å². The van der Waals surface area contributed by atoms with Crippen molar-refractivity contribution in [1.29, 1.82) is 0 Å². The third-order valence-corrected chi connectivity index (χ3v) is 7.94. The number of hydrogen-bond acceptors (Lipinski definition) is 5. The number of amides is 2. The van der Waals surface area contributed by atoms with Gasteiger partial charge in [-0.05, 0) is 72.6 Å². The lowest BCUT2D eigenvalue weighted by Crippen LogP contribution is -2.53. The van der Waals surface area contributed by atoms with Crippen LogP contribution in [0.15, 0.2) is 42.5 Å². The molecule has 2 aliphatic carbocycles. The van der Waals surface area contributed by atoms with E-state index in [1.54, 1.807) is 9.80 Å². The van der Waals surface area contributed by atoms with Gasteiger partial charge in [0.1, 0.15) is 5.60 Å². The maximum absolute atomic E-state index is 13.0. The molecule has 2 N–H and O–H groups in total. The summed E-state index contributed by atoms with van der Waals surface area (Å²) in [5, 5.41) is 12.4. The number of rotatable bonds is 5. The van der Waals surface area contributed by atoms with Crippen LogP contribution in [0.5, 0.6) is 0 Å². The van der Waals surface area contributed by atoms with Crippen molar-refractivity contribution in [3.05, 3.63) is 53.6 Å². The molecular formula is C27H32N4O3. The predicted molar refractivity (Wildman–Crippen MR) is 130 cm³/mol. The summed E-state index contributed by atoms with van der Waals surface area (Å²) in [5.41, 5.74) is 7.93. The lowest BCUT2D eigenvalue weighted by Gasteiger charge is -2.35. The van der Waals surface area contributed by atoms with E-state index in [-0.39, 0.29) is 11.8 Å². The Morgan fingerprint density at radius 2 is 1.62 bits per heavy atom. The van der Waals surface area contributed by atoms with Gasteiger partial charge in [-0.1, -0.05) is 24.6 Å². The summed E-state index contributed by atoms with van der Waals surface area (Å²) in [6, 6.07) is 14.5. The Kier molecular flexibility index (Phi) is 5.34. The van der Waals surface area contributed by atoms with Crippen LogP contribution in [0.1, 0.15) is 48.0 Å². The van der Waals surface area contributed by atoms with Gasteiger partial charge in [0, 0.05) is 44.8 Å². The zero-order valence-corrected chi connectivity index (χ0v) is 19.5. The molecule has 7 heteroatoms. The average Bonchev–Trinajstić information content (AvgIpc) is 3.48. The van der Waals surface area contributed by atoms with Gasteiger partial charge in [0.2, 0.25) is 0 Å². The maximum atomic E-state index is 13.0. The number of carbonyl (C=O) groups is 2. The molecule has 6 rings (SSSR count). The third kappa shape index (κ3) is 3.97. The van der Waals surface area contributed by atoms with E-state index in [1.807, 2.05) is 24.3 Å². The Balaban J connectivity index is 1.09. The van der Waals surface area contributed by atoms with E-state index in [0.717, 1.165) is 30.1 Å². The second kappa shape index (κ2) is 8.40. The second-order valence-electron chi connectivity index (χ2n) is 10.3. The molecule has 34 heavy (non-hydrogen) atoms. The molecule has 1 saturated heterocycles. The van der Waals surface area contributed by atoms with Gasteiger partial charge in [-0.2, -0.15) is 0 Å². The van der Waals surface area contributed by atoms with Crippen LogP contribution in [0.3, 0.4) is 0 Å². The summed E-state index contributed by atoms with van der Waals surface area (Å²) in [5.74, 6) is 0.629. The standard InChI is InChI=1S/C27H32N4O3/c32-25(29-12-14-30(15-13-29)26(33)27(34)10-11-27)21-6-4-20(5-7-21)22-8-9-24-23(16-22)17-28-31(24)18-19-2-1-3-19/h4-9,16,19,28,34H,1-3,10-15,17-18H2. The number of nitrogens with zero attached hydrogens (tertiary/aromatic N) is 3. The minimum atomic E-state index is -1.13. The quantitative estimate of drug-likeness (QED) is 0.718. The molecule has 0 aromatic heterocycles. The monoisotopic (exact) mass is 460 g/mol. The highest BCUT2D eigenvalue weighted by Crippen LogP contribution is 2.37. The normalized spacial score (nSPS) is 21.3. The molecule has 2 aliphatic heterocycles. The summed E-state index contributed by atoms with van der Waals surface area (Å²) < 4.78 is 0. The first-order valence-corrected chi connectivity index (χ1v) is 12.6. The van der Waals surface area contributed by atoms with Crippen molar-refractivity contribution in [3.63, 3.8) is 0 Å². The first-order chi connectivity index (χ1) is 16.5. The number of benzene rings is 2. The molecule has 2 aromatic carbocycles. The Morgan fingerprint density at radius 3 is 2.26 bits per heavy atom. The maximum Gasteiger partial charge on any atom is 0.254 e. The third-order valence-electron chi connectivity index (χ3n) is 7.94. The fourth-order valence-corrected chi connectivity index (χ4v) is 5.26. The van der Waals surface area contributed by atoms with Crippen molar-refractivity contribution in [3.8, 4) is 11.1 Å². The van der Waals surface area contributed by atoms with Gasteiger partial charge in [0.05, 0.1) is 5.69 Å². The van der Waals surface area contributed by atoms with E-state index in [0.29, 0.717) is 44.6 Å². The summed E-state index contributed by atoms with van der Waals surface area (Å²) in [6.07, 6.45) is 5.15. The number of carbonyl (C=O) groups excluding carboxylic acids is 2.